The van der Waals surface area contributed by atoms with Crippen LogP contribution in [0.15, 0.2) is 71.5 Å². The number of hydrogen-bond acceptors (Lipinski definition) is 6. The third-order valence-corrected chi connectivity index (χ3v) is 4.22. The predicted octanol–water partition coefficient (Wildman–Crippen LogP) is 1.69. The summed E-state index contributed by atoms with van der Waals surface area (Å²) in [6.07, 6.45) is -1.08. The maximum Gasteiger partial charge on any atom is 0.290 e. The third-order valence-electron chi connectivity index (χ3n) is 4.22. The highest BCUT2D eigenvalue weighted by atomic mass is 19.1. The molecule has 0 spiro atoms. The lowest BCUT2D eigenvalue weighted by atomic mass is 10.3. The average molecular weight is 440 g/mol. The Morgan fingerprint density at radius 1 is 1.03 bits per heavy atom. The van der Waals surface area contributed by atoms with E-state index < -0.39 is 29.3 Å². The number of nitrogens with one attached hydrogen (secondary N) is 2. The van der Waals surface area contributed by atoms with Gasteiger partial charge in [-0.2, -0.15) is 5.10 Å². The summed E-state index contributed by atoms with van der Waals surface area (Å²) in [4.78, 5) is 36.4. The molecule has 0 aliphatic rings. The normalized spacial score (nSPS) is 11.3. The van der Waals surface area contributed by atoms with Crippen molar-refractivity contribution in [3.05, 3.63) is 88.6 Å². The molecule has 10 heteroatoms. The van der Waals surface area contributed by atoms with E-state index in [1.54, 1.807) is 18.2 Å². The van der Waals surface area contributed by atoms with Crippen molar-refractivity contribution < 1.29 is 23.5 Å². The number of carbonyl (C=O) groups excluding carboxylic acids is 2. The molecule has 1 unspecified atom stereocenters. The standard InChI is InChI=1S/C22H21FN4O5/c1-15(32-19-10-6-5-9-17(19)23)21(29)24-25-22(30)18-11-12-20(28)27(26-18)13-14-31-16-7-3-2-4-8-16/h2-12,15H,13-14H2,1H3,(H,24,29)(H,25,30). The summed E-state index contributed by atoms with van der Waals surface area (Å²) in [6, 6.07) is 17.1. The Kier molecular flexibility index (Phi) is 7.52. The minimum absolute atomic E-state index is 0.0899. The largest absolute Gasteiger partial charge is 0.492 e. The lowest BCUT2D eigenvalue weighted by molar-refractivity contribution is -0.128. The van der Waals surface area contributed by atoms with Gasteiger partial charge in [-0.25, -0.2) is 9.07 Å². The summed E-state index contributed by atoms with van der Waals surface area (Å²) in [5, 5.41) is 3.99. The Morgan fingerprint density at radius 2 is 1.75 bits per heavy atom. The average Bonchev–Trinajstić information content (AvgIpc) is 2.80. The number of rotatable bonds is 8. The van der Waals surface area contributed by atoms with Crippen LogP contribution in [0.1, 0.15) is 17.4 Å². The van der Waals surface area contributed by atoms with Gasteiger partial charge in [0.15, 0.2) is 23.4 Å². The molecule has 0 aliphatic carbocycles. The second kappa shape index (κ2) is 10.7. The highest BCUT2D eigenvalue weighted by molar-refractivity contribution is 5.93. The van der Waals surface area contributed by atoms with Gasteiger partial charge in [-0.1, -0.05) is 30.3 Å². The molecule has 3 rings (SSSR count). The molecule has 2 aromatic carbocycles. The van der Waals surface area contributed by atoms with Gasteiger partial charge in [-0.15, -0.1) is 0 Å². The maximum atomic E-state index is 13.6. The molecule has 0 aliphatic heterocycles. The van der Waals surface area contributed by atoms with Crippen LogP contribution in [-0.2, 0) is 11.3 Å². The first-order chi connectivity index (χ1) is 15.4. The van der Waals surface area contributed by atoms with Crippen molar-refractivity contribution in [1.82, 2.24) is 20.6 Å². The van der Waals surface area contributed by atoms with Gasteiger partial charge in [-0.05, 0) is 37.3 Å². The summed E-state index contributed by atoms with van der Waals surface area (Å²) < 4.78 is 25.5. The number of carbonyl (C=O) groups is 2. The SMILES string of the molecule is CC(Oc1ccccc1F)C(=O)NNC(=O)c1ccc(=O)n(CCOc2ccccc2)n1. The monoisotopic (exact) mass is 440 g/mol. The zero-order valence-corrected chi connectivity index (χ0v) is 17.2. The van der Waals surface area contributed by atoms with E-state index in [1.165, 1.54) is 37.3 Å². The van der Waals surface area contributed by atoms with Crippen molar-refractivity contribution in [2.45, 2.75) is 19.6 Å². The van der Waals surface area contributed by atoms with Gasteiger partial charge in [0, 0.05) is 6.07 Å². The minimum Gasteiger partial charge on any atom is -0.492 e. The van der Waals surface area contributed by atoms with E-state index in [9.17, 15) is 18.8 Å². The van der Waals surface area contributed by atoms with Crippen molar-refractivity contribution in [2.75, 3.05) is 6.61 Å². The van der Waals surface area contributed by atoms with Crippen LogP contribution in [0.4, 0.5) is 4.39 Å². The number of ether oxygens (including phenoxy) is 2. The Morgan fingerprint density at radius 3 is 2.50 bits per heavy atom. The van der Waals surface area contributed by atoms with E-state index in [2.05, 4.69) is 16.0 Å². The molecule has 0 radical (unpaired) electrons. The first-order valence-electron chi connectivity index (χ1n) is 9.71. The maximum absolute atomic E-state index is 13.6. The van der Waals surface area contributed by atoms with Gasteiger partial charge in [0.25, 0.3) is 17.4 Å². The molecule has 0 fully saturated rings. The van der Waals surface area contributed by atoms with Gasteiger partial charge < -0.3 is 9.47 Å². The molecule has 0 bridgehead atoms. The van der Waals surface area contributed by atoms with E-state index in [-0.39, 0.29) is 24.6 Å². The van der Waals surface area contributed by atoms with Crippen molar-refractivity contribution in [2.24, 2.45) is 0 Å². The number of nitrogens with zero attached hydrogens (tertiary/aromatic N) is 2. The summed E-state index contributed by atoms with van der Waals surface area (Å²) in [7, 11) is 0. The summed E-state index contributed by atoms with van der Waals surface area (Å²) >= 11 is 0. The Hall–Kier alpha value is -4.21. The van der Waals surface area contributed by atoms with Gasteiger partial charge in [0.1, 0.15) is 12.4 Å². The Bertz CT molecular complexity index is 1140. The number of hydrogen-bond donors (Lipinski definition) is 2. The Balaban J connectivity index is 1.53. The number of para-hydroxylation sites is 2. The van der Waals surface area contributed by atoms with Crippen LogP contribution in [-0.4, -0.2) is 34.3 Å². The fraction of sp³-hybridized carbons (Fsp3) is 0.182. The molecule has 0 saturated heterocycles. The molecule has 2 amide bonds. The highest BCUT2D eigenvalue weighted by Gasteiger charge is 2.18. The van der Waals surface area contributed by atoms with E-state index in [0.717, 1.165) is 4.68 Å². The lowest BCUT2D eigenvalue weighted by Gasteiger charge is -2.15. The molecule has 1 atom stereocenters. The molecule has 166 valence electrons. The van der Waals surface area contributed by atoms with Crippen molar-refractivity contribution in [3.63, 3.8) is 0 Å². The quantitative estimate of drug-likeness (QED) is 0.516. The van der Waals surface area contributed by atoms with Crippen molar-refractivity contribution >= 4 is 11.8 Å². The summed E-state index contributed by atoms with van der Waals surface area (Å²) in [5.74, 6) is -1.50. The van der Waals surface area contributed by atoms with Crippen molar-refractivity contribution in [1.29, 1.82) is 0 Å². The molecule has 2 N–H and O–H groups in total. The van der Waals surface area contributed by atoms with Gasteiger partial charge in [-0.3, -0.25) is 25.2 Å². The van der Waals surface area contributed by atoms with Crippen LogP contribution in [0.5, 0.6) is 11.5 Å². The smallest absolute Gasteiger partial charge is 0.290 e. The summed E-state index contributed by atoms with van der Waals surface area (Å²) in [6.45, 7) is 1.69. The molecule has 32 heavy (non-hydrogen) atoms. The van der Waals surface area contributed by atoms with Gasteiger partial charge in [0.2, 0.25) is 0 Å². The molecular weight excluding hydrogens is 419 g/mol. The minimum atomic E-state index is -1.08. The van der Waals surface area contributed by atoms with Gasteiger partial charge >= 0.3 is 0 Å². The number of hydrazine groups is 1. The summed E-state index contributed by atoms with van der Waals surface area (Å²) in [5.41, 5.74) is 3.87. The number of benzene rings is 2. The number of aromatic nitrogens is 2. The fourth-order valence-electron chi connectivity index (χ4n) is 2.57. The van der Waals surface area contributed by atoms with Crippen LogP contribution >= 0.6 is 0 Å². The third kappa shape index (κ3) is 6.14. The molecule has 1 aromatic heterocycles. The molecule has 9 nitrogen and oxygen atoms in total. The van der Waals surface area contributed by atoms with Crippen LogP contribution in [0.3, 0.4) is 0 Å². The van der Waals surface area contributed by atoms with Crippen LogP contribution < -0.4 is 25.9 Å². The second-order valence-corrected chi connectivity index (χ2v) is 6.58. The topological polar surface area (TPSA) is 112 Å². The van der Waals surface area contributed by atoms with E-state index in [0.29, 0.717) is 5.75 Å². The molecule has 3 aromatic rings. The lowest BCUT2D eigenvalue weighted by Crippen LogP contribution is -2.47. The van der Waals surface area contributed by atoms with Crippen molar-refractivity contribution in [3.8, 4) is 11.5 Å². The number of amides is 2. The van der Waals surface area contributed by atoms with Crippen LogP contribution in [0.2, 0.25) is 0 Å². The van der Waals surface area contributed by atoms with Crippen LogP contribution in [0, 0.1) is 5.82 Å². The van der Waals surface area contributed by atoms with Crippen LogP contribution in [0.25, 0.3) is 0 Å². The zero-order valence-electron chi connectivity index (χ0n) is 17.2. The van der Waals surface area contributed by atoms with Gasteiger partial charge in [0.05, 0.1) is 6.54 Å². The fourth-order valence-corrected chi connectivity index (χ4v) is 2.57. The van der Waals surface area contributed by atoms with E-state index in [4.69, 9.17) is 9.47 Å². The first-order valence-corrected chi connectivity index (χ1v) is 9.71. The highest BCUT2D eigenvalue weighted by Crippen LogP contribution is 2.16. The first kappa shape index (κ1) is 22.5. The number of halogens is 1. The van der Waals surface area contributed by atoms with E-state index >= 15 is 0 Å². The molecule has 1 heterocycles. The second-order valence-electron chi connectivity index (χ2n) is 6.58. The molecular formula is C22H21FN4O5. The molecule has 0 saturated carbocycles. The zero-order chi connectivity index (χ0) is 22.9. The Labute approximate surface area is 182 Å². The predicted molar refractivity (Wildman–Crippen MR) is 113 cm³/mol. The van der Waals surface area contributed by atoms with E-state index in [1.807, 2.05) is 18.2 Å².